The van der Waals surface area contributed by atoms with Gasteiger partial charge in [-0.05, 0) is 6.92 Å². The standard InChI is InChI=1S/C9H12O6/c1-4-7(14-5(2)11)8(6(12)3-10)15-9(4)13/h6,8,10,12H,3H2,1-2H3. The number of esters is 2. The first-order valence-electron chi connectivity index (χ1n) is 4.36. The van der Waals surface area contributed by atoms with Crippen LogP contribution in [0.4, 0.5) is 0 Å². The molecule has 6 heteroatoms. The Labute approximate surface area is 86.1 Å². The van der Waals surface area contributed by atoms with Gasteiger partial charge >= 0.3 is 11.9 Å². The molecular weight excluding hydrogens is 204 g/mol. The number of hydrogen-bond acceptors (Lipinski definition) is 6. The van der Waals surface area contributed by atoms with Crippen LogP contribution in [-0.4, -0.2) is 41.0 Å². The van der Waals surface area contributed by atoms with Crippen molar-refractivity contribution in [1.29, 1.82) is 0 Å². The maximum Gasteiger partial charge on any atom is 0.338 e. The van der Waals surface area contributed by atoms with Gasteiger partial charge in [-0.3, -0.25) is 4.79 Å². The third-order valence-electron chi connectivity index (χ3n) is 1.96. The second kappa shape index (κ2) is 4.41. The van der Waals surface area contributed by atoms with E-state index in [2.05, 4.69) is 0 Å². The van der Waals surface area contributed by atoms with Crippen molar-refractivity contribution in [3.63, 3.8) is 0 Å². The Morgan fingerprint density at radius 2 is 2.27 bits per heavy atom. The molecule has 0 saturated carbocycles. The molecule has 0 aromatic carbocycles. The van der Waals surface area contributed by atoms with E-state index in [1.54, 1.807) is 0 Å². The van der Waals surface area contributed by atoms with Crippen LogP contribution >= 0.6 is 0 Å². The van der Waals surface area contributed by atoms with Gasteiger partial charge in [-0.15, -0.1) is 0 Å². The topological polar surface area (TPSA) is 93.1 Å². The average molecular weight is 216 g/mol. The predicted molar refractivity (Wildman–Crippen MR) is 47.4 cm³/mol. The minimum Gasteiger partial charge on any atom is -0.448 e. The lowest BCUT2D eigenvalue weighted by atomic mass is 10.1. The van der Waals surface area contributed by atoms with Crippen molar-refractivity contribution in [2.24, 2.45) is 0 Å². The number of hydrogen-bond donors (Lipinski definition) is 2. The van der Waals surface area contributed by atoms with Crippen molar-refractivity contribution in [1.82, 2.24) is 0 Å². The summed E-state index contributed by atoms with van der Waals surface area (Å²) in [5, 5.41) is 18.0. The minimum atomic E-state index is -1.29. The van der Waals surface area contributed by atoms with Crippen LogP contribution in [0.2, 0.25) is 0 Å². The van der Waals surface area contributed by atoms with Gasteiger partial charge in [0.05, 0.1) is 12.2 Å². The molecule has 2 N–H and O–H groups in total. The smallest absolute Gasteiger partial charge is 0.338 e. The van der Waals surface area contributed by atoms with Gasteiger partial charge in [-0.2, -0.15) is 0 Å². The fraction of sp³-hybridized carbons (Fsp3) is 0.556. The molecule has 0 fully saturated rings. The molecule has 0 aromatic heterocycles. The normalized spacial score (nSPS) is 22.7. The van der Waals surface area contributed by atoms with Gasteiger partial charge < -0.3 is 19.7 Å². The van der Waals surface area contributed by atoms with E-state index in [9.17, 15) is 14.7 Å². The van der Waals surface area contributed by atoms with Crippen LogP contribution in [0.1, 0.15) is 13.8 Å². The minimum absolute atomic E-state index is 0.0333. The molecule has 84 valence electrons. The Kier molecular flexibility index (Phi) is 3.43. The number of rotatable bonds is 3. The molecule has 0 saturated heterocycles. The van der Waals surface area contributed by atoms with E-state index in [-0.39, 0.29) is 11.3 Å². The number of carbonyl (C=O) groups is 2. The van der Waals surface area contributed by atoms with E-state index in [1.807, 2.05) is 0 Å². The first-order valence-corrected chi connectivity index (χ1v) is 4.36. The summed E-state index contributed by atoms with van der Waals surface area (Å²) >= 11 is 0. The van der Waals surface area contributed by atoms with E-state index < -0.39 is 30.8 Å². The van der Waals surface area contributed by atoms with Crippen molar-refractivity contribution in [3.8, 4) is 0 Å². The molecule has 0 aromatic rings. The molecule has 0 amide bonds. The molecular formula is C9H12O6. The average Bonchev–Trinajstić information content (AvgIpc) is 2.44. The molecule has 0 aliphatic carbocycles. The summed E-state index contributed by atoms with van der Waals surface area (Å²) in [5.41, 5.74) is 0.127. The van der Waals surface area contributed by atoms with Crippen molar-refractivity contribution >= 4 is 11.9 Å². The Bertz CT molecular complexity index is 319. The Balaban J connectivity index is 2.92. The summed E-state index contributed by atoms with van der Waals surface area (Å²) in [6.07, 6.45) is -2.40. The molecule has 2 atom stereocenters. The molecule has 1 heterocycles. The van der Waals surface area contributed by atoms with Crippen LogP contribution in [0, 0.1) is 0 Å². The Morgan fingerprint density at radius 1 is 1.67 bits per heavy atom. The van der Waals surface area contributed by atoms with Gasteiger partial charge in [0.15, 0.2) is 11.9 Å². The second-order valence-corrected chi connectivity index (χ2v) is 3.16. The van der Waals surface area contributed by atoms with E-state index in [1.165, 1.54) is 13.8 Å². The summed E-state index contributed by atoms with van der Waals surface area (Å²) in [7, 11) is 0. The molecule has 2 unspecified atom stereocenters. The van der Waals surface area contributed by atoms with E-state index in [0.717, 1.165) is 0 Å². The maximum atomic E-state index is 11.1. The largest absolute Gasteiger partial charge is 0.448 e. The summed E-state index contributed by atoms with van der Waals surface area (Å²) in [4.78, 5) is 21.9. The van der Waals surface area contributed by atoms with Crippen LogP contribution in [0.5, 0.6) is 0 Å². The first-order chi connectivity index (χ1) is 6.97. The van der Waals surface area contributed by atoms with Crippen molar-refractivity contribution in [3.05, 3.63) is 11.3 Å². The number of ether oxygens (including phenoxy) is 2. The molecule has 1 aliphatic heterocycles. The zero-order valence-corrected chi connectivity index (χ0v) is 8.39. The van der Waals surface area contributed by atoms with E-state index >= 15 is 0 Å². The van der Waals surface area contributed by atoms with Gasteiger partial charge in [0.25, 0.3) is 0 Å². The Morgan fingerprint density at radius 3 is 2.73 bits per heavy atom. The third kappa shape index (κ3) is 2.34. The molecule has 0 radical (unpaired) electrons. The SMILES string of the molecule is CC(=O)OC1=C(C)C(=O)OC1C(O)CO. The number of aliphatic hydroxyl groups is 2. The molecule has 0 spiro atoms. The molecule has 0 bridgehead atoms. The van der Waals surface area contributed by atoms with Gasteiger partial charge in [-0.1, -0.05) is 0 Å². The van der Waals surface area contributed by atoms with Crippen LogP contribution in [0.25, 0.3) is 0 Å². The maximum absolute atomic E-state index is 11.1. The zero-order chi connectivity index (χ0) is 11.6. The fourth-order valence-electron chi connectivity index (χ4n) is 1.21. The van der Waals surface area contributed by atoms with Crippen LogP contribution < -0.4 is 0 Å². The molecule has 15 heavy (non-hydrogen) atoms. The highest BCUT2D eigenvalue weighted by Crippen LogP contribution is 2.25. The summed E-state index contributed by atoms with van der Waals surface area (Å²) in [5.74, 6) is -1.31. The highest BCUT2D eigenvalue weighted by Gasteiger charge is 2.38. The number of carbonyl (C=O) groups excluding carboxylic acids is 2. The fourth-order valence-corrected chi connectivity index (χ4v) is 1.21. The molecule has 1 aliphatic rings. The monoisotopic (exact) mass is 216 g/mol. The van der Waals surface area contributed by atoms with Crippen LogP contribution in [-0.2, 0) is 19.1 Å². The second-order valence-electron chi connectivity index (χ2n) is 3.16. The van der Waals surface area contributed by atoms with Crippen molar-refractivity contribution in [2.45, 2.75) is 26.1 Å². The molecule has 1 rings (SSSR count). The lowest BCUT2D eigenvalue weighted by Gasteiger charge is -2.17. The van der Waals surface area contributed by atoms with Crippen LogP contribution in [0.3, 0.4) is 0 Å². The highest BCUT2D eigenvalue weighted by atomic mass is 16.6. The predicted octanol–water partition coefficient (Wildman–Crippen LogP) is -0.898. The summed E-state index contributed by atoms with van der Waals surface area (Å²) in [6.45, 7) is 2.01. The highest BCUT2D eigenvalue weighted by molar-refractivity contribution is 5.91. The van der Waals surface area contributed by atoms with Crippen molar-refractivity contribution in [2.75, 3.05) is 6.61 Å². The lowest BCUT2D eigenvalue weighted by molar-refractivity contribution is -0.149. The number of cyclic esters (lactones) is 1. The van der Waals surface area contributed by atoms with E-state index in [0.29, 0.717) is 0 Å². The van der Waals surface area contributed by atoms with Gasteiger partial charge in [0.1, 0.15) is 6.10 Å². The quantitative estimate of drug-likeness (QED) is 0.594. The summed E-state index contributed by atoms with van der Waals surface area (Å²) < 4.78 is 9.49. The third-order valence-corrected chi connectivity index (χ3v) is 1.96. The van der Waals surface area contributed by atoms with Gasteiger partial charge in [0.2, 0.25) is 0 Å². The van der Waals surface area contributed by atoms with Crippen molar-refractivity contribution < 1.29 is 29.3 Å². The molecule has 6 nitrogen and oxygen atoms in total. The lowest BCUT2D eigenvalue weighted by Crippen LogP contribution is -2.32. The Hall–Kier alpha value is -1.40. The zero-order valence-electron chi connectivity index (χ0n) is 8.39. The first kappa shape index (κ1) is 11.7. The van der Waals surface area contributed by atoms with E-state index in [4.69, 9.17) is 14.6 Å². The summed E-state index contributed by atoms with van der Waals surface area (Å²) in [6, 6.07) is 0. The van der Waals surface area contributed by atoms with Crippen LogP contribution in [0.15, 0.2) is 11.3 Å². The number of aliphatic hydroxyl groups excluding tert-OH is 2. The van der Waals surface area contributed by atoms with Gasteiger partial charge in [-0.25, -0.2) is 4.79 Å². The van der Waals surface area contributed by atoms with Gasteiger partial charge in [0, 0.05) is 6.92 Å².